The van der Waals surface area contributed by atoms with E-state index in [2.05, 4.69) is 26.4 Å². The molecule has 28 heavy (non-hydrogen) atoms. The first-order valence-electron chi connectivity index (χ1n) is 8.77. The standard InChI is InChI=1S/C18H23F3N6O/c1-22-13-8-17(23-2,24-3)11-6-5-7-12(14(11)13)25-16(28)10-9-27(4)26-15(10)18(19,20)21/h5-7,9,13,22-24H,8H2,1-4H3,(H,25,28). The molecule has 1 unspecified atom stereocenters. The number of anilines is 1. The molecule has 1 aromatic heterocycles. The number of rotatable bonds is 5. The van der Waals surface area contributed by atoms with Crippen LogP contribution in [0.5, 0.6) is 0 Å². The molecule has 1 atom stereocenters. The average Bonchev–Trinajstić information content (AvgIpc) is 3.21. The van der Waals surface area contributed by atoms with Crippen LogP contribution in [0.25, 0.3) is 0 Å². The maximum Gasteiger partial charge on any atom is 0.435 e. The Balaban J connectivity index is 2.02. The third kappa shape index (κ3) is 3.27. The molecule has 0 radical (unpaired) electrons. The predicted molar refractivity (Wildman–Crippen MR) is 98.8 cm³/mol. The number of amides is 1. The fourth-order valence-corrected chi connectivity index (χ4v) is 3.84. The van der Waals surface area contributed by atoms with Crippen molar-refractivity contribution in [1.82, 2.24) is 25.7 Å². The van der Waals surface area contributed by atoms with E-state index >= 15 is 0 Å². The Morgan fingerprint density at radius 3 is 2.50 bits per heavy atom. The minimum Gasteiger partial charge on any atom is -0.322 e. The van der Waals surface area contributed by atoms with E-state index in [1.807, 2.05) is 20.2 Å². The van der Waals surface area contributed by atoms with Crippen LogP contribution in [0, 0.1) is 0 Å². The number of aryl methyl sites for hydroxylation is 1. The summed E-state index contributed by atoms with van der Waals surface area (Å²) in [6.07, 6.45) is -2.98. The van der Waals surface area contributed by atoms with Gasteiger partial charge in [-0.1, -0.05) is 12.1 Å². The molecule has 0 spiro atoms. The lowest BCUT2D eigenvalue weighted by Gasteiger charge is -2.30. The molecule has 7 nitrogen and oxygen atoms in total. The van der Waals surface area contributed by atoms with Gasteiger partial charge in [0, 0.05) is 31.4 Å². The lowest BCUT2D eigenvalue weighted by molar-refractivity contribution is -0.141. The van der Waals surface area contributed by atoms with Gasteiger partial charge in [-0.25, -0.2) is 0 Å². The van der Waals surface area contributed by atoms with Crippen LogP contribution in [0.15, 0.2) is 24.4 Å². The first-order valence-corrected chi connectivity index (χ1v) is 8.77. The van der Waals surface area contributed by atoms with E-state index in [4.69, 9.17) is 0 Å². The number of alkyl halides is 3. The summed E-state index contributed by atoms with van der Waals surface area (Å²) in [5, 5.41) is 15.8. The van der Waals surface area contributed by atoms with Crippen molar-refractivity contribution in [1.29, 1.82) is 0 Å². The van der Waals surface area contributed by atoms with E-state index in [0.717, 1.165) is 22.0 Å². The lowest BCUT2D eigenvalue weighted by atomic mass is 10.0. The summed E-state index contributed by atoms with van der Waals surface area (Å²) in [5.41, 5.74) is 0.00237. The van der Waals surface area contributed by atoms with Gasteiger partial charge in [-0.05, 0) is 38.3 Å². The van der Waals surface area contributed by atoms with Crippen molar-refractivity contribution >= 4 is 11.6 Å². The largest absolute Gasteiger partial charge is 0.435 e. The monoisotopic (exact) mass is 396 g/mol. The van der Waals surface area contributed by atoms with Crippen LogP contribution in [-0.4, -0.2) is 36.8 Å². The number of hydrogen-bond donors (Lipinski definition) is 4. The topological polar surface area (TPSA) is 83.0 Å². The Kier molecular flexibility index (Phi) is 5.22. The third-order valence-electron chi connectivity index (χ3n) is 5.22. The summed E-state index contributed by atoms with van der Waals surface area (Å²) < 4.78 is 40.6. The van der Waals surface area contributed by atoms with Crippen LogP contribution in [0.2, 0.25) is 0 Å². The van der Waals surface area contributed by atoms with Crippen molar-refractivity contribution in [2.45, 2.75) is 24.3 Å². The molecule has 0 bridgehead atoms. The zero-order valence-electron chi connectivity index (χ0n) is 16.0. The Hall–Kier alpha value is -2.43. The first kappa shape index (κ1) is 20.3. The predicted octanol–water partition coefficient (Wildman–Crippen LogP) is 1.95. The van der Waals surface area contributed by atoms with Crippen molar-refractivity contribution < 1.29 is 18.0 Å². The molecule has 1 aliphatic rings. The van der Waals surface area contributed by atoms with E-state index in [1.165, 1.54) is 7.05 Å². The SMILES string of the molecule is CNC1CC(NC)(NC)c2cccc(NC(=O)c3cn(C)nc3C(F)(F)F)c21. The number of nitrogens with zero attached hydrogens (tertiary/aromatic N) is 2. The number of carbonyl (C=O) groups excluding carboxylic acids is 1. The van der Waals surface area contributed by atoms with Crippen LogP contribution < -0.4 is 21.3 Å². The third-order valence-corrected chi connectivity index (χ3v) is 5.22. The summed E-state index contributed by atoms with van der Waals surface area (Å²) in [5.74, 6) is -0.852. The Morgan fingerprint density at radius 1 is 1.25 bits per heavy atom. The normalized spacial score (nSPS) is 18.2. The fourth-order valence-electron chi connectivity index (χ4n) is 3.84. The Morgan fingerprint density at radius 2 is 1.93 bits per heavy atom. The molecule has 4 N–H and O–H groups in total. The Labute approximate surface area is 160 Å². The second-order valence-corrected chi connectivity index (χ2v) is 6.73. The number of aromatic nitrogens is 2. The summed E-state index contributed by atoms with van der Waals surface area (Å²) in [6.45, 7) is 0. The van der Waals surface area contributed by atoms with Crippen LogP contribution in [-0.2, 0) is 18.9 Å². The molecular formula is C18H23F3N6O. The van der Waals surface area contributed by atoms with Gasteiger partial charge >= 0.3 is 6.18 Å². The van der Waals surface area contributed by atoms with Gasteiger partial charge in [0.1, 0.15) is 0 Å². The second-order valence-electron chi connectivity index (χ2n) is 6.73. The molecule has 0 fully saturated rings. The molecule has 152 valence electrons. The van der Waals surface area contributed by atoms with Gasteiger partial charge in [0.15, 0.2) is 5.69 Å². The molecule has 0 saturated carbocycles. The summed E-state index contributed by atoms with van der Waals surface area (Å²) in [7, 11) is 6.80. The van der Waals surface area contributed by atoms with Crippen molar-refractivity contribution in [3.8, 4) is 0 Å². The molecule has 3 rings (SSSR count). The quantitative estimate of drug-likeness (QED) is 0.581. The number of hydrogen-bond acceptors (Lipinski definition) is 5. The van der Waals surface area contributed by atoms with Crippen molar-refractivity contribution in [3.63, 3.8) is 0 Å². The Bertz CT molecular complexity index is 888. The lowest BCUT2D eigenvalue weighted by Crippen LogP contribution is -2.49. The molecule has 1 amide bonds. The van der Waals surface area contributed by atoms with Crippen LogP contribution in [0.1, 0.15) is 39.6 Å². The minimum absolute atomic E-state index is 0.0950. The summed E-state index contributed by atoms with van der Waals surface area (Å²) >= 11 is 0. The maximum atomic E-state index is 13.2. The van der Waals surface area contributed by atoms with Gasteiger partial charge < -0.3 is 10.6 Å². The van der Waals surface area contributed by atoms with Gasteiger partial charge in [0.05, 0.1) is 11.2 Å². The maximum absolute atomic E-state index is 13.2. The molecule has 10 heteroatoms. The number of benzene rings is 1. The number of carbonyl (C=O) groups is 1. The van der Waals surface area contributed by atoms with Crippen LogP contribution in [0.4, 0.5) is 18.9 Å². The minimum atomic E-state index is -4.71. The van der Waals surface area contributed by atoms with E-state index in [1.54, 1.807) is 19.2 Å². The number of nitrogens with one attached hydrogen (secondary N) is 4. The van der Waals surface area contributed by atoms with Crippen molar-refractivity contribution in [3.05, 3.63) is 46.8 Å². The second kappa shape index (κ2) is 7.19. The van der Waals surface area contributed by atoms with Gasteiger partial charge in [-0.2, -0.15) is 18.3 Å². The first-order chi connectivity index (χ1) is 13.2. The molecule has 1 heterocycles. The molecule has 0 saturated heterocycles. The van der Waals surface area contributed by atoms with Crippen LogP contribution in [0.3, 0.4) is 0 Å². The van der Waals surface area contributed by atoms with Gasteiger partial charge in [-0.3, -0.25) is 20.1 Å². The van der Waals surface area contributed by atoms with E-state index in [0.29, 0.717) is 12.1 Å². The number of halogens is 3. The summed E-state index contributed by atoms with van der Waals surface area (Å²) in [6, 6.07) is 5.29. The highest BCUT2D eigenvalue weighted by Crippen LogP contribution is 2.45. The van der Waals surface area contributed by atoms with E-state index in [-0.39, 0.29) is 6.04 Å². The van der Waals surface area contributed by atoms with E-state index < -0.39 is 29.0 Å². The van der Waals surface area contributed by atoms with Crippen LogP contribution >= 0.6 is 0 Å². The molecule has 0 aliphatic heterocycles. The van der Waals surface area contributed by atoms with Crippen molar-refractivity contribution in [2.24, 2.45) is 7.05 Å². The van der Waals surface area contributed by atoms with Gasteiger partial charge in [-0.15, -0.1) is 0 Å². The highest BCUT2D eigenvalue weighted by Gasteiger charge is 2.43. The smallest absolute Gasteiger partial charge is 0.322 e. The number of fused-ring (bicyclic) bond motifs is 1. The van der Waals surface area contributed by atoms with E-state index in [9.17, 15) is 18.0 Å². The zero-order chi connectivity index (χ0) is 20.7. The average molecular weight is 396 g/mol. The fraction of sp³-hybridized carbons (Fsp3) is 0.444. The molecule has 1 aromatic carbocycles. The molecule has 2 aromatic rings. The zero-order valence-corrected chi connectivity index (χ0v) is 16.0. The highest BCUT2D eigenvalue weighted by atomic mass is 19.4. The summed E-state index contributed by atoms with van der Waals surface area (Å²) in [4.78, 5) is 12.7. The van der Waals surface area contributed by atoms with Crippen molar-refractivity contribution in [2.75, 3.05) is 26.5 Å². The molecule has 1 aliphatic carbocycles. The molecular weight excluding hydrogens is 373 g/mol. The van der Waals surface area contributed by atoms with Gasteiger partial charge in [0.25, 0.3) is 5.91 Å². The highest BCUT2D eigenvalue weighted by molar-refractivity contribution is 6.05. The van der Waals surface area contributed by atoms with Gasteiger partial charge in [0.2, 0.25) is 0 Å².